The number of hydrogen-bond acceptors (Lipinski definition) is 3. The number of fused-ring (bicyclic) bond motifs is 1. The summed E-state index contributed by atoms with van der Waals surface area (Å²) in [5, 5.41) is 1.17. The second-order valence-electron chi connectivity index (χ2n) is 4.50. The average Bonchev–Trinajstić information content (AvgIpc) is 2.87. The van der Waals surface area contributed by atoms with Crippen LogP contribution in [-0.2, 0) is 13.0 Å². The van der Waals surface area contributed by atoms with E-state index in [0.29, 0.717) is 6.54 Å². The van der Waals surface area contributed by atoms with E-state index in [9.17, 15) is 0 Å². The highest BCUT2D eigenvalue weighted by Gasteiger charge is 2.06. The van der Waals surface area contributed by atoms with Crippen molar-refractivity contribution < 1.29 is 0 Å². The lowest BCUT2D eigenvalue weighted by atomic mass is 10.1. The van der Waals surface area contributed by atoms with E-state index in [1.54, 1.807) is 0 Å². The maximum atomic E-state index is 5.61. The summed E-state index contributed by atoms with van der Waals surface area (Å²) >= 11 is 0. The Morgan fingerprint density at radius 2 is 1.95 bits per heavy atom. The molecule has 0 radical (unpaired) electrons. The maximum absolute atomic E-state index is 5.61. The first-order valence-electron chi connectivity index (χ1n) is 6.41. The molecule has 2 heterocycles. The van der Waals surface area contributed by atoms with Crippen LogP contribution in [0.2, 0.25) is 0 Å². The van der Waals surface area contributed by atoms with Crippen molar-refractivity contribution in [2.45, 2.75) is 13.0 Å². The lowest BCUT2D eigenvalue weighted by Gasteiger charge is -2.09. The van der Waals surface area contributed by atoms with Gasteiger partial charge in [0.15, 0.2) is 0 Å². The number of imidazole rings is 1. The van der Waals surface area contributed by atoms with E-state index >= 15 is 0 Å². The summed E-state index contributed by atoms with van der Waals surface area (Å²) in [7, 11) is 0. The summed E-state index contributed by atoms with van der Waals surface area (Å²) in [5.74, 6) is 1.02. The van der Waals surface area contributed by atoms with Crippen LogP contribution in [0.15, 0.2) is 48.9 Å². The third kappa shape index (κ3) is 2.35. The van der Waals surface area contributed by atoms with Crippen molar-refractivity contribution in [3.63, 3.8) is 0 Å². The van der Waals surface area contributed by atoms with Gasteiger partial charge >= 0.3 is 0 Å². The van der Waals surface area contributed by atoms with Crippen molar-refractivity contribution >= 4 is 10.9 Å². The molecule has 0 aliphatic rings. The molecule has 0 saturated carbocycles. The number of nitrogens with two attached hydrogens (primary N) is 1. The average molecular weight is 252 g/mol. The largest absolute Gasteiger partial charge is 0.330 e. The molecule has 0 aliphatic carbocycles. The summed E-state index contributed by atoms with van der Waals surface area (Å²) in [4.78, 5) is 8.82. The Balaban J connectivity index is 1.99. The molecule has 2 aromatic heterocycles. The highest BCUT2D eigenvalue weighted by molar-refractivity contribution is 5.81. The quantitative estimate of drug-likeness (QED) is 0.772. The van der Waals surface area contributed by atoms with Gasteiger partial charge in [-0.25, -0.2) is 4.98 Å². The molecule has 1 aromatic carbocycles. The standard InChI is InChI=1S/C15H16N4/c16-7-6-14-17-9-10-19(14)11-13-4-1-3-12-5-2-8-18-15(12)13/h1-5,8-10H,6-7,11,16H2. The number of benzene rings is 1. The molecule has 3 aromatic rings. The number of aromatic nitrogens is 3. The van der Waals surface area contributed by atoms with Gasteiger partial charge in [0, 0.05) is 30.4 Å². The molecule has 0 atom stereocenters. The Morgan fingerprint density at radius 1 is 1.05 bits per heavy atom. The Morgan fingerprint density at radius 3 is 2.84 bits per heavy atom. The molecule has 0 fully saturated rings. The Kier molecular flexibility index (Phi) is 3.25. The van der Waals surface area contributed by atoms with E-state index in [0.717, 1.165) is 24.3 Å². The van der Waals surface area contributed by atoms with Gasteiger partial charge in [0.1, 0.15) is 5.82 Å². The molecular formula is C15H16N4. The van der Waals surface area contributed by atoms with Crippen LogP contribution in [0.5, 0.6) is 0 Å². The van der Waals surface area contributed by atoms with Crippen LogP contribution in [0.1, 0.15) is 11.4 Å². The second kappa shape index (κ2) is 5.20. The highest BCUT2D eigenvalue weighted by atomic mass is 15.1. The van der Waals surface area contributed by atoms with Gasteiger partial charge in [0.2, 0.25) is 0 Å². The smallest absolute Gasteiger partial charge is 0.110 e. The fourth-order valence-electron chi connectivity index (χ4n) is 2.32. The molecular weight excluding hydrogens is 236 g/mol. The second-order valence-corrected chi connectivity index (χ2v) is 4.50. The van der Waals surface area contributed by atoms with Crippen LogP contribution in [0.25, 0.3) is 10.9 Å². The third-order valence-corrected chi connectivity index (χ3v) is 3.23. The molecule has 4 heteroatoms. The molecule has 0 spiro atoms. The SMILES string of the molecule is NCCc1nccn1Cc1cccc2cccnc12. The van der Waals surface area contributed by atoms with Gasteiger partial charge in [-0.1, -0.05) is 24.3 Å². The number of para-hydroxylation sites is 1. The molecule has 4 nitrogen and oxygen atoms in total. The molecule has 0 amide bonds. The molecule has 0 saturated heterocycles. The fourth-order valence-corrected chi connectivity index (χ4v) is 2.32. The summed E-state index contributed by atoms with van der Waals surface area (Å²) in [6.45, 7) is 1.40. The van der Waals surface area contributed by atoms with Crippen LogP contribution >= 0.6 is 0 Å². The van der Waals surface area contributed by atoms with E-state index in [2.05, 4.69) is 38.8 Å². The van der Waals surface area contributed by atoms with Gasteiger partial charge in [0.05, 0.1) is 12.1 Å². The van der Waals surface area contributed by atoms with Gasteiger partial charge < -0.3 is 10.3 Å². The zero-order valence-corrected chi connectivity index (χ0v) is 10.7. The Bertz CT molecular complexity index is 682. The third-order valence-electron chi connectivity index (χ3n) is 3.23. The van der Waals surface area contributed by atoms with Gasteiger partial charge in [-0.15, -0.1) is 0 Å². The van der Waals surface area contributed by atoms with Crippen LogP contribution in [0.3, 0.4) is 0 Å². The van der Waals surface area contributed by atoms with Gasteiger partial charge in [0.25, 0.3) is 0 Å². The molecule has 2 N–H and O–H groups in total. The van der Waals surface area contributed by atoms with Crippen molar-refractivity contribution in [3.05, 3.63) is 60.3 Å². The number of pyridine rings is 1. The van der Waals surface area contributed by atoms with Crippen LogP contribution in [0.4, 0.5) is 0 Å². The van der Waals surface area contributed by atoms with Crippen molar-refractivity contribution in [3.8, 4) is 0 Å². The Labute approximate surface area is 111 Å². The summed E-state index contributed by atoms with van der Waals surface area (Å²) in [6.07, 6.45) is 6.45. The fraction of sp³-hybridized carbons (Fsp3) is 0.200. The van der Waals surface area contributed by atoms with Crippen molar-refractivity contribution in [2.24, 2.45) is 5.73 Å². The number of rotatable bonds is 4. The minimum absolute atomic E-state index is 0.616. The molecule has 19 heavy (non-hydrogen) atoms. The van der Waals surface area contributed by atoms with Crippen molar-refractivity contribution in [2.75, 3.05) is 6.54 Å². The first kappa shape index (κ1) is 11.9. The minimum atomic E-state index is 0.616. The minimum Gasteiger partial charge on any atom is -0.330 e. The highest BCUT2D eigenvalue weighted by Crippen LogP contribution is 2.17. The summed E-state index contributed by atoms with van der Waals surface area (Å²) < 4.78 is 2.14. The van der Waals surface area contributed by atoms with Crippen LogP contribution in [-0.4, -0.2) is 21.1 Å². The summed E-state index contributed by atoms with van der Waals surface area (Å²) in [5.41, 5.74) is 7.86. The molecule has 0 unspecified atom stereocenters. The summed E-state index contributed by atoms with van der Waals surface area (Å²) in [6, 6.07) is 10.3. The topological polar surface area (TPSA) is 56.7 Å². The molecule has 96 valence electrons. The van der Waals surface area contributed by atoms with Crippen molar-refractivity contribution in [1.29, 1.82) is 0 Å². The van der Waals surface area contributed by atoms with Crippen LogP contribution < -0.4 is 5.73 Å². The van der Waals surface area contributed by atoms with E-state index in [1.165, 1.54) is 10.9 Å². The van der Waals surface area contributed by atoms with E-state index in [4.69, 9.17) is 5.73 Å². The van der Waals surface area contributed by atoms with E-state index in [1.807, 2.05) is 24.7 Å². The monoisotopic (exact) mass is 252 g/mol. The van der Waals surface area contributed by atoms with Crippen molar-refractivity contribution in [1.82, 2.24) is 14.5 Å². The maximum Gasteiger partial charge on any atom is 0.110 e. The zero-order chi connectivity index (χ0) is 13.1. The molecule has 0 aliphatic heterocycles. The van der Waals surface area contributed by atoms with Crippen LogP contribution in [0, 0.1) is 0 Å². The number of hydrogen-bond donors (Lipinski definition) is 1. The lowest BCUT2D eigenvalue weighted by Crippen LogP contribution is -2.10. The van der Waals surface area contributed by atoms with Gasteiger partial charge in [-0.05, 0) is 18.2 Å². The zero-order valence-electron chi connectivity index (χ0n) is 10.7. The lowest BCUT2D eigenvalue weighted by molar-refractivity contribution is 0.718. The number of nitrogens with zero attached hydrogens (tertiary/aromatic N) is 3. The molecule has 3 rings (SSSR count). The molecule has 0 bridgehead atoms. The van der Waals surface area contributed by atoms with E-state index in [-0.39, 0.29) is 0 Å². The normalized spacial score (nSPS) is 11.0. The predicted molar refractivity (Wildman–Crippen MR) is 75.8 cm³/mol. The van der Waals surface area contributed by atoms with Gasteiger partial charge in [-0.3, -0.25) is 4.98 Å². The van der Waals surface area contributed by atoms with E-state index < -0.39 is 0 Å². The first-order chi connectivity index (χ1) is 9.38. The first-order valence-corrected chi connectivity index (χ1v) is 6.41. The Hall–Kier alpha value is -2.20. The van der Waals surface area contributed by atoms with Gasteiger partial charge in [-0.2, -0.15) is 0 Å². The predicted octanol–water partition coefficient (Wildman–Crippen LogP) is 1.98.